The molecule has 0 atom stereocenters. The normalized spacial score (nSPS) is 14.6. The van der Waals surface area contributed by atoms with Gasteiger partial charge in [0.1, 0.15) is 6.33 Å². The average Bonchev–Trinajstić information content (AvgIpc) is 3.15. The van der Waals surface area contributed by atoms with Gasteiger partial charge in [-0.15, -0.1) is 10.2 Å². The van der Waals surface area contributed by atoms with E-state index >= 15 is 0 Å². The van der Waals surface area contributed by atoms with Crippen LogP contribution >= 0.6 is 24.0 Å². The first kappa shape index (κ1) is 18.7. The highest BCUT2D eigenvalue weighted by molar-refractivity contribution is 7.99. The Balaban J connectivity index is 1.42. The zero-order valence-corrected chi connectivity index (χ0v) is 16.0. The Morgan fingerprint density at radius 3 is 2.73 bits per heavy atom. The van der Waals surface area contributed by atoms with Crippen molar-refractivity contribution < 1.29 is 4.79 Å². The number of rotatable bonds is 5. The molecule has 1 heterocycles. The number of benzene rings is 1. The highest BCUT2D eigenvalue weighted by Crippen LogP contribution is 2.19. The summed E-state index contributed by atoms with van der Waals surface area (Å²) in [5, 5.41) is 12.4. The maximum atomic E-state index is 12.0. The third kappa shape index (κ3) is 5.43. The highest BCUT2D eigenvalue weighted by atomic mass is 32.2. The van der Waals surface area contributed by atoms with Crippen LogP contribution in [0.15, 0.2) is 41.8 Å². The van der Waals surface area contributed by atoms with Crippen LogP contribution in [-0.4, -0.2) is 37.6 Å². The Bertz CT molecular complexity index is 730. The Kier molecular flexibility index (Phi) is 6.84. The molecule has 1 saturated carbocycles. The molecule has 1 fully saturated rings. The largest absolute Gasteiger partial charge is 0.359 e. The summed E-state index contributed by atoms with van der Waals surface area (Å²) in [7, 11) is 0. The number of thiocarbonyl (C=S) groups is 1. The van der Waals surface area contributed by atoms with Crippen LogP contribution in [-0.2, 0) is 4.79 Å². The summed E-state index contributed by atoms with van der Waals surface area (Å²) in [6.45, 7) is 0. The molecule has 0 unspecified atom stereocenters. The molecular weight excluding hydrogens is 368 g/mol. The van der Waals surface area contributed by atoms with Crippen molar-refractivity contribution in [2.24, 2.45) is 0 Å². The van der Waals surface area contributed by atoms with Crippen LogP contribution in [0.1, 0.15) is 32.1 Å². The molecule has 138 valence electrons. The van der Waals surface area contributed by atoms with Crippen LogP contribution in [0.3, 0.4) is 0 Å². The first-order valence-electron chi connectivity index (χ1n) is 8.66. The van der Waals surface area contributed by atoms with Gasteiger partial charge < -0.3 is 5.32 Å². The van der Waals surface area contributed by atoms with Gasteiger partial charge in [-0.2, -0.15) is 0 Å². The summed E-state index contributed by atoms with van der Waals surface area (Å²) in [5.41, 5.74) is 6.35. The molecule has 0 aliphatic heterocycles. The second-order valence-electron chi connectivity index (χ2n) is 6.09. The lowest BCUT2D eigenvalue weighted by Gasteiger charge is -2.24. The third-order valence-corrected chi connectivity index (χ3v) is 5.30. The van der Waals surface area contributed by atoms with Gasteiger partial charge in [-0.1, -0.05) is 49.2 Å². The van der Waals surface area contributed by atoms with E-state index in [-0.39, 0.29) is 11.7 Å². The molecule has 9 heteroatoms. The summed E-state index contributed by atoms with van der Waals surface area (Å²) < 4.78 is 1.85. The summed E-state index contributed by atoms with van der Waals surface area (Å²) in [6, 6.07) is 10.2. The molecule has 2 aromatic rings. The number of nitrogens with zero attached hydrogens (tertiary/aromatic N) is 3. The molecule has 1 amide bonds. The number of hydrogen-bond donors (Lipinski definition) is 3. The van der Waals surface area contributed by atoms with E-state index in [1.54, 1.807) is 6.33 Å². The van der Waals surface area contributed by atoms with E-state index < -0.39 is 0 Å². The maximum absolute atomic E-state index is 12.0. The average molecular weight is 391 g/mol. The summed E-state index contributed by atoms with van der Waals surface area (Å²) in [4.78, 5) is 12.0. The fourth-order valence-electron chi connectivity index (χ4n) is 2.85. The van der Waals surface area contributed by atoms with E-state index in [2.05, 4.69) is 26.4 Å². The molecule has 1 aliphatic rings. The summed E-state index contributed by atoms with van der Waals surface area (Å²) in [6.07, 6.45) is 7.63. The van der Waals surface area contributed by atoms with E-state index in [0.29, 0.717) is 16.3 Å². The fourth-order valence-corrected chi connectivity index (χ4v) is 3.80. The number of carbonyl (C=O) groups is 1. The smallest absolute Gasteiger partial charge is 0.248 e. The zero-order chi connectivity index (χ0) is 18.2. The summed E-state index contributed by atoms with van der Waals surface area (Å²) >= 11 is 6.55. The standard InChI is InChI=1S/C17H22N6OS2/c24-15(20-21-16(25)19-13-7-3-1-4-8-13)11-26-17-22-18-12-23(17)14-9-5-2-6-10-14/h2,5-6,9-10,12-13H,1,3-4,7-8,11H2,(H,20,24)(H2,19,21,25). The van der Waals surface area contributed by atoms with Crippen molar-refractivity contribution in [2.45, 2.75) is 43.3 Å². The lowest BCUT2D eigenvalue weighted by atomic mass is 9.96. The van der Waals surface area contributed by atoms with E-state index in [1.165, 1.54) is 31.0 Å². The number of aromatic nitrogens is 3. The topological polar surface area (TPSA) is 83.9 Å². The number of hydrazine groups is 1. The molecule has 0 radical (unpaired) electrons. The van der Waals surface area contributed by atoms with Gasteiger partial charge >= 0.3 is 0 Å². The zero-order valence-electron chi connectivity index (χ0n) is 14.4. The van der Waals surface area contributed by atoms with Gasteiger partial charge in [0.2, 0.25) is 5.91 Å². The second-order valence-corrected chi connectivity index (χ2v) is 7.44. The van der Waals surface area contributed by atoms with Crippen LogP contribution in [0, 0.1) is 0 Å². The predicted octanol–water partition coefficient (Wildman–Crippen LogP) is 2.19. The van der Waals surface area contributed by atoms with Crippen LogP contribution in [0.25, 0.3) is 5.69 Å². The Morgan fingerprint density at radius 2 is 1.96 bits per heavy atom. The minimum atomic E-state index is -0.176. The molecule has 3 rings (SSSR count). The van der Waals surface area contributed by atoms with E-state index in [9.17, 15) is 4.79 Å². The van der Waals surface area contributed by atoms with Gasteiger partial charge in [0.25, 0.3) is 0 Å². The van der Waals surface area contributed by atoms with Crippen molar-refractivity contribution in [3.8, 4) is 5.69 Å². The van der Waals surface area contributed by atoms with Crippen molar-refractivity contribution in [2.75, 3.05) is 5.75 Å². The lowest BCUT2D eigenvalue weighted by Crippen LogP contribution is -2.50. The first-order valence-corrected chi connectivity index (χ1v) is 10.1. The number of hydrogen-bond acceptors (Lipinski definition) is 5. The molecule has 26 heavy (non-hydrogen) atoms. The van der Waals surface area contributed by atoms with Crippen LogP contribution < -0.4 is 16.2 Å². The molecule has 1 aromatic heterocycles. The van der Waals surface area contributed by atoms with E-state index in [1.807, 2.05) is 34.9 Å². The van der Waals surface area contributed by atoms with Gasteiger partial charge in [-0.05, 0) is 37.2 Å². The SMILES string of the molecule is O=C(CSc1nncn1-c1ccccc1)NNC(=S)NC1CCCCC1. The maximum Gasteiger partial charge on any atom is 0.248 e. The first-order chi connectivity index (χ1) is 12.7. The predicted molar refractivity (Wildman–Crippen MR) is 106 cm³/mol. The number of para-hydroxylation sites is 1. The minimum Gasteiger partial charge on any atom is -0.359 e. The molecule has 0 bridgehead atoms. The van der Waals surface area contributed by atoms with Gasteiger partial charge in [0.15, 0.2) is 10.3 Å². The number of carbonyl (C=O) groups excluding carboxylic acids is 1. The molecule has 1 aromatic carbocycles. The molecular formula is C17H22N6OS2. The highest BCUT2D eigenvalue weighted by Gasteiger charge is 2.14. The monoisotopic (exact) mass is 390 g/mol. The number of nitrogens with one attached hydrogen (secondary N) is 3. The van der Waals surface area contributed by atoms with E-state index in [4.69, 9.17) is 12.2 Å². The van der Waals surface area contributed by atoms with Crippen molar-refractivity contribution in [1.29, 1.82) is 0 Å². The van der Waals surface area contributed by atoms with Crippen LogP contribution in [0.2, 0.25) is 0 Å². The summed E-state index contributed by atoms with van der Waals surface area (Å²) in [5.74, 6) is 0.0373. The second kappa shape index (κ2) is 9.54. The number of thioether (sulfide) groups is 1. The fraction of sp³-hybridized carbons (Fsp3) is 0.412. The molecule has 7 nitrogen and oxygen atoms in total. The Labute approximate surface area is 162 Å². The molecule has 3 N–H and O–H groups in total. The Morgan fingerprint density at radius 1 is 1.19 bits per heavy atom. The number of amides is 1. The lowest BCUT2D eigenvalue weighted by molar-refractivity contribution is -0.119. The van der Waals surface area contributed by atoms with Crippen molar-refractivity contribution >= 4 is 35.0 Å². The Hall–Kier alpha value is -2.13. The van der Waals surface area contributed by atoms with Crippen LogP contribution in [0.4, 0.5) is 0 Å². The van der Waals surface area contributed by atoms with Crippen molar-refractivity contribution in [1.82, 2.24) is 30.9 Å². The van der Waals surface area contributed by atoms with Gasteiger partial charge in [0, 0.05) is 11.7 Å². The molecule has 0 saturated heterocycles. The molecule has 1 aliphatic carbocycles. The van der Waals surface area contributed by atoms with Gasteiger partial charge in [0.05, 0.1) is 5.75 Å². The van der Waals surface area contributed by atoms with Crippen molar-refractivity contribution in [3.05, 3.63) is 36.7 Å². The van der Waals surface area contributed by atoms with Gasteiger partial charge in [-0.25, -0.2) is 0 Å². The van der Waals surface area contributed by atoms with Crippen LogP contribution in [0.5, 0.6) is 0 Å². The van der Waals surface area contributed by atoms with E-state index in [0.717, 1.165) is 18.5 Å². The van der Waals surface area contributed by atoms with Crippen molar-refractivity contribution in [3.63, 3.8) is 0 Å². The molecule has 0 spiro atoms. The quantitative estimate of drug-likeness (QED) is 0.410. The third-order valence-electron chi connectivity index (χ3n) is 4.14. The van der Waals surface area contributed by atoms with Gasteiger partial charge in [-0.3, -0.25) is 20.2 Å². The minimum absolute atomic E-state index is 0.176.